The van der Waals surface area contributed by atoms with E-state index in [9.17, 15) is 4.79 Å². The molecule has 0 bridgehead atoms. The van der Waals surface area contributed by atoms with Gasteiger partial charge in [-0.25, -0.2) is 0 Å². The average molecular weight is 297 g/mol. The van der Waals surface area contributed by atoms with E-state index in [1.165, 1.54) is 11.3 Å². The van der Waals surface area contributed by atoms with Crippen LogP contribution in [0.3, 0.4) is 0 Å². The van der Waals surface area contributed by atoms with E-state index in [2.05, 4.69) is 39.3 Å². The van der Waals surface area contributed by atoms with E-state index in [1.54, 1.807) is 0 Å². The zero-order valence-corrected chi connectivity index (χ0v) is 13.4. The molecule has 1 amide bonds. The van der Waals surface area contributed by atoms with Crippen molar-refractivity contribution in [2.24, 2.45) is 0 Å². The Balaban J connectivity index is 1.81. The van der Waals surface area contributed by atoms with Crippen LogP contribution in [-0.2, 0) is 4.79 Å². The number of rotatable bonds is 4. The number of anilines is 1. The number of aryl methyl sites for hydroxylation is 1. The topological polar surface area (TPSA) is 61.4 Å². The van der Waals surface area contributed by atoms with Gasteiger partial charge >= 0.3 is 0 Å². The normalized spacial score (nSPS) is 24.1. The quantitative estimate of drug-likeness (QED) is 0.905. The molecule has 6 nitrogen and oxygen atoms in total. The number of hydrogen-bond donors (Lipinski definition) is 1. The molecule has 20 heavy (non-hydrogen) atoms. The zero-order chi connectivity index (χ0) is 14.7. The summed E-state index contributed by atoms with van der Waals surface area (Å²) in [4.78, 5) is 16.5. The van der Waals surface area contributed by atoms with E-state index in [1.807, 2.05) is 14.0 Å². The molecule has 1 aliphatic heterocycles. The molecule has 0 saturated carbocycles. The highest BCUT2D eigenvalue weighted by Gasteiger charge is 2.26. The fourth-order valence-corrected chi connectivity index (χ4v) is 3.13. The molecule has 112 valence electrons. The van der Waals surface area contributed by atoms with Crippen LogP contribution in [0.4, 0.5) is 5.13 Å². The number of carbonyl (C=O) groups excluding carboxylic acids is 1. The summed E-state index contributed by atoms with van der Waals surface area (Å²) in [5.74, 6) is -0.0183. The Morgan fingerprint density at radius 2 is 2.30 bits per heavy atom. The molecule has 1 fully saturated rings. The van der Waals surface area contributed by atoms with Gasteiger partial charge in [0.05, 0.1) is 6.54 Å². The number of amides is 1. The van der Waals surface area contributed by atoms with Crippen LogP contribution in [0.15, 0.2) is 0 Å². The van der Waals surface area contributed by atoms with Crippen LogP contribution >= 0.6 is 11.3 Å². The first-order chi connectivity index (χ1) is 9.45. The summed E-state index contributed by atoms with van der Waals surface area (Å²) in [5, 5.41) is 12.0. The summed E-state index contributed by atoms with van der Waals surface area (Å²) in [6.07, 6.45) is 2.22. The number of nitrogens with one attached hydrogen (secondary N) is 1. The molecule has 2 rings (SSSR count). The van der Waals surface area contributed by atoms with Crippen molar-refractivity contribution < 1.29 is 4.79 Å². The van der Waals surface area contributed by atoms with E-state index >= 15 is 0 Å². The predicted octanol–water partition coefficient (Wildman–Crippen LogP) is 1.20. The van der Waals surface area contributed by atoms with Crippen molar-refractivity contribution in [1.29, 1.82) is 0 Å². The fraction of sp³-hybridized carbons (Fsp3) is 0.769. The largest absolute Gasteiger partial charge is 0.304 e. The van der Waals surface area contributed by atoms with Crippen LogP contribution in [0.25, 0.3) is 0 Å². The van der Waals surface area contributed by atoms with Crippen LogP contribution in [0, 0.1) is 6.92 Å². The summed E-state index contributed by atoms with van der Waals surface area (Å²) >= 11 is 1.40. The SMILES string of the molecule is Cc1nnc(NC(=O)CN(C)C2CCN(C)C(C)C2)s1. The predicted molar refractivity (Wildman–Crippen MR) is 81.0 cm³/mol. The van der Waals surface area contributed by atoms with Gasteiger partial charge in [0, 0.05) is 12.1 Å². The smallest absolute Gasteiger partial charge is 0.240 e. The molecule has 1 N–H and O–H groups in total. The summed E-state index contributed by atoms with van der Waals surface area (Å²) in [7, 11) is 4.18. The first-order valence-electron chi connectivity index (χ1n) is 6.96. The van der Waals surface area contributed by atoms with Crippen LogP contribution in [0.2, 0.25) is 0 Å². The number of likely N-dealkylation sites (tertiary alicyclic amines) is 1. The highest BCUT2D eigenvalue weighted by atomic mass is 32.1. The van der Waals surface area contributed by atoms with E-state index in [0.717, 1.165) is 24.4 Å². The molecule has 2 unspecified atom stereocenters. The minimum Gasteiger partial charge on any atom is -0.304 e. The van der Waals surface area contributed by atoms with Gasteiger partial charge in [-0.05, 0) is 47.3 Å². The minimum atomic E-state index is -0.0183. The van der Waals surface area contributed by atoms with Crippen LogP contribution in [-0.4, -0.2) is 65.2 Å². The van der Waals surface area contributed by atoms with Gasteiger partial charge in [0.2, 0.25) is 11.0 Å². The van der Waals surface area contributed by atoms with Crippen LogP contribution < -0.4 is 5.32 Å². The highest BCUT2D eigenvalue weighted by molar-refractivity contribution is 7.15. The molecule has 1 aliphatic rings. The lowest BCUT2D eigenvalue weighted by atomic mass is 9.98. The third-order valence-electron chi connectivity index (χ3n) is 3.97. The first kappa shape index (κ1) is 15.3. The lowest BCUT2D eigenvalue weighted by molar-refractivity contribution is -0.117. The number of aromatic nitrogens is 2. The van der Waals surface area contributed by atoms with Gasteiger partial charge in [0.25, 0.3) is 0 Å². The average Bonchev–Trinajstić information content (AvgIpc) is 2.77. The van der Waals surface area contributed by atoms with Crippen molar-refractivity contribution in [3.8, 4) is 0 Å². The molecular formula is C13H23N5OS. The van der Waals surface area contributed by atoms with Crippen molar-refractivity contribution >= 4 is 22.4 Å². The maximum atomic E-state index is 12.0. The van der Waals surface area contributed by atoms with Gasteiger partial charge in [-0.3, -0.25) is 15.0 Å². The first-order valence-corrected chi connectivity index (χ1v) is 7.78. The van der Waals surface area contributed by atoms with Crippen molar-refractivity contribution in [3.05, 3.63) is 5.01 Å². The van der Waals surface area contributed by atoms with Gasteiger partial charge in [-0.1, -0.05) is 11.3 Å². The molecule has 1 saturated heterocycles. The van der Waals surface area contributed by atoms with E-state index in [-0.39, 0.29) is 5.91 Å². The number of hydrogen-bond acceptors (Lipinski definition) is 6. The standard InChI is InChI=1S/C13H23N5OS/c1-9-7-11(5-6-17(9)3)18(4)8-12(19)14-13-16-15-10(2)20-13/h9,11H,5-8H2,1-4H3,(H,14,16,19). The summed E-state index contributed by atoms with van der Waals surface area (Å²) in [6.45, 7) is 5.61. The Hall–Kier alpha value is -1.05. The molecule has 7 heteroatoms. The van der Waals surface area contributed by atoms with E-state index in [4.69, 9.17) is 0 Å². The molecule has 2 atom stereocenters. The van der Waals surface area contributed by atoms with Crippen molar-refractivity contribution in [1.82, 2.24) is 20.0 Å². The zero-order valence-electron chi connectivity index (χ0n) is 12.6. The second-order valence-electron chi connectivity index (χ2n) is 5.60. The molecular weight excluding hydrogens is 274 g/mol. The van der Waals surface area contributed by atoms with E-state index in [0.29, 0.717) is 23.8 Å². The number of piperidine rings is 1. The van der Waals surface area contributed by atoms with E-state index < -0.39 is 0 Å². The number of nitrogens with zero attached hydrogens (tertiary/aromatic N) is 4. The van der Waals surface area contributed by atoms with Crippen LogP contribution in [0.5, 0.6) is 0 Å². The van der Waals surface area contributed by atoms with Crippen molar-refractivity contribution in [2.75, 3.05) is 32.5 Å². The van der Waals surface area contributed by atoms with Crippen LogP contribution in [0.1, 0.15) is 24.8 Å². The highest BCUT2D eigenvalue weighted by Crippen LogP contribution is 2.19. The van der Waals surface area contributed by atoms with Crippen molar-refractivity contribution in [2.45, 2.75) is 38.8 Å². The monoisotopic (exact) mass is 297 g/mol. The Kier molecular flexibility index (Phi) is 5.06. The minimum absolute atomic E-state index is 0.0183. The lowest BCUT2D eigenvalue weighted by Gasteiger charge is -2.39. The molecule has 0 aromatic carbocycles. The number of carbonyl (C=O) groups is 1. The van der Waals surface area contributed by atoms with Gasteiger partial charge in [-0.2, -0.15) is 0 Å². The third-order valence-corrected chi connectivity index (χ3v) is 4.72. The molecule has 0 aliphatic carbocycles. The fourth-order valence-electron chi connectivity index (χ4n) is 2.53. The maximum Gasteiger partial charge on any atom is 0.240 e. The Morgan fingerprint density at radius 3 is 2.90 bits per heavy atom. The Morgan fingerprint density at radius 1 is 1.55 bits per heavy atom. The molecule has 0 radical (unpaired) electrons. The summed E-state index contributed by atoms with van der Waals surface area (Å²) in [6, 6.07) is 1.05. The number of likely N-dealkylation sites (N-methyl/N-ethyl adjacent to an activating group) is 1. The molecule has 2 heterocycles. The van der Waals surface area contributed by atoms with Gasteiger partial charge < -0.3 is 4.90 Å². The van der Waals surface area contributed by atoms with Crippen molar-refractivity contribution in [3.63, 3.8) is 0 Å². The molecule has 1 aromatic rings. The molecule has 1 aromatic heterocycles. The second-order valence-corrected chi connectivity index (χ2v) is 6.78. The van der Waals surface area contributed by atoms with Gasteiger partial charge in [-0.15, -0.1) is 10.2 Å². The summed E-state index contributed by atoms with van der Waals surface area (Å²) in [5.41, 5.74) is 0. The maximum absolute atomic E-state index is 12.0. The Labute approximate surface area is 124 Å². The third kappa shape index (κ3) is 3.97. The van der Waals surface area contributed by atoms with Gasteiger partial charge in [0.1, 0.15) is 5.01 Å². The Bertz CT molecular complexity index is 463. The lowest BCUT2D eigenvalue weighted by Crippen LogP contribution is -2.48. The summed E-state index contributed by atoms with van der Waals surface area (Å²) < 4.78 is 0. The van der Waals surface area contributed by atoms with Gasteiger partial charge in [0.15, 0.2) is 0 Å². The second kappa shape index (κ2) is 6.60. The molecule has 0 spiro atoms.